The van der Waals surface area contributed by atoms with Crippen LogP contribution in [0.15, 0.2) is 47.8 Å². The maximum absolute atomic E-state index is 14.4. The number of carbonyl (C=O) groups is 2. The molecule has 0 aliphatic carbocycles. The number of thiophene rings is 1. The lowest BCUT2D eigenvalue weighted by atomic mass is 10.1. The Hall–Kier alpha value is -3.50. The van der Waals surface area contributed by atoms with Crippen LogP contribution in [0.3, 0.4) is 0 Å². The van der Waals surface area contributed by atoms with Gasteiger partial charge in [-0.1, -0.05) is 18.2 Å². The molecule has 0 aliphatic heterocycles. The third-order valence-corrected chi connectivity index (χ3v) is 5.82. The molecule has 0 fully saturated rings. The molecule has 1 amide bonds. The molecule has 0 saturated heterocycles. The standard InChI is InChI=1S/C24H25F2N3O4S/c1-4-32-24(31)29(13-16-17(25)8-7-9-18(16)26)22-21(15(14-34-22)12-28(2)3)23(30)33-20-11-6-5-10-19(20)27/h5-11,14H,4,12-13,27H2,1-3H3. The zero-order valence-corrected chi connectivity index (χ0v) is 19.8. The molecule has 1 heterocycles. The quantitative estimate of drug-likeness (QED) is 0.271. The predicted octanol–water partition coefficient (Wildman–Crippen LogP) is 5.05. The van der Waals surface area contributed by atoms with Gasteiger partial charge in [0, 0.05) is 12.1 Å². The molecule has 3 aromatic rings. The fourth-order valence-corrected chi connectivity index (χ4v) is 4.29. The van der Waals surface area contributed by atoms with Crippen LogP contribution in [-0.2, 0) is 17.8 Å². The molecule has 0 spiro atoms. The van der Waals surface area contributed by atoms with Crippen LogP contribution in [0.2, 0.25) is 0 Å². The largest absolute Gasteiger partial charge is 0.449 e. The molecule has 10 heteroatoms. The maximum atomic E-state index is 14.4. The minimum Gasteiger partial charge on any atom is -0.449 e. The SMILES string of the molecule is CCOC(=O)N(Cc1c(F)cccc1F)c1scc(CN(C)C)c1C(=O)Oc1ccccc1N. The lowest BCUT2D eigenvalue weighted by molar-refractivity contribution is 0.0735. The van der Waals surface area contributed by atoms with Gasteiger partial charge in [0.05, 0.1) is 24.4 Å². The van der Waals surface area contributed by atoms with E-state index in [0.717, 1.165) is 28.4 Å². The van der Waals surface area contributed by atoms with Crippen molar-refractivity contribution in [2.75, 3.05) is 31.3 Å². The number of hydrogen-bond acceptors (Lipinski definition) is 7. The summed E-state index contributed by atoms with van der Waals surface area (Å²) in [4.78, 5) is 29.1. The lowest BCUT2D eigenvalue weighted by Gasteiger charge is -2.23. The number of amides is 1. The van der Waals surface area contributed by atoms with Gasteiger partial charge in [-0.25, -0.2) is 18.4 Å². The van der Waals surface area contributed by atoms with Crippen molar-refractivity contribution in [3.8, 4) is 5.75 Å². The molecule has 2 aromatic carbocycles. The number of nitrogens with zero attached hydrogens (tertiary/aromatic N) is 2. The van der Waals surface area contributed by atoms with Crippen molar-refractivity contribution in [3.63, 3.8) is 0 Å². The molecule has 0 unspecified atom stereocenters. The number of ether oxygens (including phenoxy) is 2. The molecule has 180 valence electrons. The molecule has 1 aromatic heterocycles. The van der Waals surface area contributed by atoms with Gasteiger partial charge in [0.25, 0.3) is 0 Å². The second-order valence-electron chi connectivity index (χ2n) is 7.59. The first-order chi connectivity index (χ1) is 16.2. The number of nitrogen functional groups attached to an aromatic ring is 1. The number of para-hydroxylation sites is 2. The Morgan fingerprint density at radius 3 is 2.32 bits per heavy atom. The molecule has 7 nitrogen and oxygen atoms in total. The van der Waals surface area contributed by atoms with Gasteiger partial charge in [0.1, 0.15) is 16.6 Å². The highest BCUT2D eigenvalue weighted by Crippen LogP contribution is 2.36. The number of hydrogen-bond donors (Lipinski definition) is 1. The molecule has 0 aliphatic rings. The third-order valence-electron chi connectivity index (χ3n) is 4.77. The van der Waals surface area contributed by atoms with Gasteiger partial charge in [-0.05, 0) is 56.2 Å². The molecule has 0 bridgehead atoms. The van der Waals surface area contributed by atoms with E-state index in [-0.39, 0.29) is 34.2 Å². The number of esters is 1. The number of rotatable bonds is 8. The minimum atomic E-state index is -0.850. The smallest absolute Gasteiger partial charge is 0.415 e. The molecule has 0 saturated carbocycles. The summed E-state index contributed by atoms with van der Waals surface area (Å²) in [6.45, 7) is 1.52. The predicted molar refractivity (Wildman–Crippen MR) is 127 cm³/mol. The van der Waals surface area contributed by atoms with Crippen LogP contribution in [0.4, 0.5) is 24.3 Å². The van der Waals surface area contributed by atoms with Gasteiger partial charge in [0.2, 0.25) is 0 Å². The van der Waals surface area contributed by atoms with Crippen LogP contribution in [0.25, 0.3) is 0 Å². The normalized spacial score (nSPS) is 10.9. The molecule has 2 N–H and O–H groups in total. The van der Waals surface area contributed by atoms with E-state index in [9.17, 15) is 18.4 Å². The van der Waals surface area contributed by atoms with E-state index in [1.54, 1.807) is 36.6 Å². The van der Waals surface area contributed by atoms with Gasteiger partial charge >= 0.3 is 12.1 Å². The number of halogens is 2. The summed E-state index contributed by atoms with van der Waals surface area (Å²) in [6, 6.07) is 9.93. The second-order valence-corrected chi connectivity index (χ2v) is 8.45. The van der Waals surface area contributed by atoms with Gasteiger partial charge in [-0.15, -0.1) is 11.3 Å². The summed E-state index contributed by atoms with van der Waals surface area (Å²) < 4.78 is 39.5. The lowest BCUT2D eigenvalue weighted by Crippen LogP contribution is -2.33. The van der Waals surface area contributed by atoms with Gasteiger partial charge < -0.3 is 20.1 Å². The Morgan fingerprint density at radius 2 is 1.71 bits per heavy atom. The highest BCUT2D eigenvalue weighted by Gasteiger charge is 2.30. The van der Waals surface area contributed by atoms with E-state index in [4.69, 9.17) is 15.2 Å². The molecule has 34 heavy (non-hydrogen) atoms. The summed E-state index contributed by atoms with van der Waals surface area (Å²) in [5.74, 6) is -2.24. The summed E-state index contributed by atoms with van der Waals surface area (Å²) in [5.41, 5.74) is 6.51. The number of nitrogens with two attached hydrogens (primary N) is 1. The summed E-state index contributed by atoms with van der Waals surface area (Å²) in [6.07, 6.45) is -0.850. The van der Waals surface area contributed by atoms with Crippen LogP contribution >= 0.6 is 11.3 Å². The van der Waals surface area contributed by atoms with E-state index >= 15 is 0 Å². The summed E-state index contributed by atoms with van der Waals surface area (Å²) >= 11 is 1.08. The Morgan fingerprint density at radius 1 is 1.03 bits per heavy atom. The van der Waals surface area contributed by atoms with E-state index in [1.807, 2.05) is 19.0 Å². The first-order valence-electron chi connectivity index (χ1n) is 10.4. The van der Waals surface area contributed by atoms with Crippen molar-refractivity contribution in [1.29, 1.82) is 0 Å². The van der Waals surface area contributed by atoms with E-state index in [0.29, 0.717) is 12.1 Å². The van der Waals surface area contributed by atoms with Crippen molar-refractivity contribution in [3.05, 3.63) is 76.2 Å². The van der Waals surface area contributed by atoms with Gasteiger partial charge in [0.15, 0.2) is 5.75 Å². The zero-order valence-electron chi connectivity index (χ0n) is 19.0. The van der Waals surface area contributed by atoms with Crippen LogP contribution in [0.5, 0.6) is 5.75 Å². The van der Waals surface area contributed by atoms with Crippen LogP contribution in [0, 0.1) is 11.6 Å². The molecule has 0 atom stereocenters. The molecule has 0 radical (unpaired) electrons. The summed E-state index contributed by atoms with van der Waals surface area (Å²) in [7, 11) is 3.64. The van der Waals surface area contributed by atoms with Crippen molar-refractivity contribution in [1.82, 2.24) is 4.90 Å². The maximum Gasteiger partial charge on any atom is 0.415 e. The number of carbonyl (C=O) groups excluding carboxylic acids is 2. The van der Waals surface area contributed by atoms with Gasteiger partial charge in [-0.2, -0.15) is 0 Å². The number of benzene rings is 2. The fourth-order valence-electron chi connectivity index (χ4n) is 3.24. The van der Waals surface area contributed by atoms with Crippen molar-refractivity contribution in [2.45, 2.75) is 20.0 Å². The Labute approximate surface area is 200 Å². The van der Waals surface area contributed by atoms with Crippen molar-refractivity contribution >= 4 is 34.1 Å². The third kappa shape index (κ3) is 5.70. The van der Waals surface area contributed by atoms with Crippen LogP contribution in [0.1, 0.15) is 28.4 Å². The molecule has 3 rings (SSSR count). The van der Waals surface area contributed by atoms with E-state index < -0.39 is 30.2 Å². The Balaban J connectivity index is 2.09. The monoisotopic (exact) mass is 489 g/mol. The minimum absolute atomic E-state index is 0.0331. The fraction of sp³-hybridized carbons (Fsp3) is 0.250. The first kappa shape index (κ1) is 25.1. The van der Waals surface area contributed by atoms with Crippen molar-refractivity contribution in [2.24, 2.45) is 0 Å². The van der Waals surface area contributed by atoms with Crippen LogP contribution < -0.4 is 15.4 Å². The number of anilines is 2. The topological polar surface area (TPSA) is 85.1 Å². The Bertz CT molecular complexity index is 1160. The zero-order chi connectivity index (χ0) is 24.8. The second kappa shape index (κ2) is 11.1. The average Bonchev–Trinajstić information content (AvgIpc) is 3.17. The van der Waals surface area contributed by atoms with Gasteiger partial charge in [-0.3, -0.25) is 4.90 Å². The van der Waals surface area contributed by atoms with E-state index in [1.165, 1.54) is 6.07 Å². The highest BCUT2D eigenvalue weighted by atomic mass is 32.1. The van der Waals surface area contributed by atoms with E-state index in [2.05, 4.69) is 0 Å². The molecular weight excluding hydrogens is 464 g/mol. The first-order valence-corrected chi connectivity index (χ1v) is 11.3. The molecular formula is C24H25F2N3O4S. The summed E-state index contributed by atoms with van der Waals surface area (Å²) in [5, 5.41) is 1.85. The van der Waals surface area contributed by atoms with Crippen molar-refractivity contribution < 1.29 is 27.8 Å². The average molecular weight is 490 g/mol. The highest BCUT2D eigenvalue weighted by molar-refractivity contribution is 7.15. The van der Waals surface area contributed by atoms with Crippen LogP contribution in [-0.4, -0.2) is 37.7 Å². The Kier molecular flexibility index (Phi) is 8.19.